The van der Waals surface area contributed by atoms with Gasteiger partial charge in [0.15, 0.2) is 0 Å². The maximum Gasteiger partial charge on any atom is 0.305 e. The van der Waals surface area contributed by atoms with Gasteiger partial charge in [-0.15, -0.1) is 0 Å². The summed E-state index contributed by atoms with van der Waals surface area (Å²) in [5.74, 6) is -0.463. The van der Waals surface area contributed by atoms with E-state index < -0.39 is 5.97 Å². The van der Waals surface area contributed by atoms with Gasteiger partial charge in [0.05, 0.1) is 25.2 Å². The molecular weight excluding hydrogens is 358 g/mol. The van der Waals surface area contributed by atoms with Crippen molar-refractivity contribution < 1.29 is 25.0 Å². The summed E-state index contributed by atoms with van der Waals surface area (Å²) in [6.45, 7) is 2.36. The van der Waals surface area contributed by atoms with Crippen LogP contribution in [-0.4, -0.2) is 40.1 Å². The molecule has 1 saturated carbocycles. The Kier molecular flexibility index (Phi) is 10.3. The number of carboxylic acids is 1. The van der Waals surface area contributed by atoms with Crippen molar-refractivity contribution in [3.63, 3.8) is 0 Å². The first kappa shape index (κ1) is 23.2. The molecule has 0 spiro atoms. The van der Waals surface area contributed by atoms with Crippen molar-refractivity contribution in [3.8, 4) is 0 Å². The number of hydrogen-bond donors (Lipinski definition) is 4. The van der Waals surface area contributed by atoms with Crippen LogP contribution in [0.5, 0.6) is 0 Å². The summed E-state index contributed by atoms with van der Waals surface area (Å²) < 4.78 is 0. The Labute approximate surface area is 169 Å². The molecule has 28 heavy (non-hydrogen) atoms. The van der Waals surface area contributed by atoms with Crippen molar-refractivity contribution in [2.75, 3.05) is 6.61 Å². The molecule has 4 unspecified atom stereocenters. The maximum atomic E-state index is 10.5. The van der Waals surface area contributed by atoms with Gasteiger partial charge in [-0.1, -0.05) is 51.9 Å². The fraction of sp³-hybridized carbons (Fsp3) is 0.864. The van der Waals surface area contributed by atoms with Gasteiger partial charge in [0, 0.05) is 11.6 Å². The normalized spacial score (nSPS) is 24.8. The smallest absolute Gasteiger partial charge is 0.305 e. The number of fused-ring (bicyclic) bond motifs is 1. The summed E-state index contributed by atoms with van der Waals surface area (Å²) in [4.78, 5) is 15.7. The maximum absolute atomic E-state index is 10.5. The minimum Gasteiger partial charge on any atom is -0.481 e. The van der Waals surface area contributed by atoms with Gasteiger partial charge in [-0.2, -0.15) is 0 Å². The highest BCUT2D eigenvalue weighted by Gasteiger charge is 2.45. The van der Waals surface area contributed by atoms with E-state index in [-0.39, 0.29) is 37.1 Å². The zero-order chi connectivity index (χ0) is 20.4. The fourth-order valence-corrected chi connectivity index (χ4v) is 4.44. The molecule has 0 aliphatic heterocycles. The van der Waals surface area contributed by atoms with E-state index in [0.29, 0.717) is 0 Å². The van der Waals surface area contributed by atoms with Gasteiger partial charge in [0.25, 0.3) is 0 Å². The number of aliphatic carboxylic acids is 1. The largest absolute Gasteiger partial charge is 0.481 e. The van der Waals surface area contributed by atoms with Crippen LogP contribution in [0.4, 0.5) is 0 Å². The van der Waals surface area contributed by atoms with E-state index in [9.17, 15) is 15.0 Å². The fourth-order valence-electron chi connectivity index (χ4n) is 4.44. The molecule has 6 nitrogen and oxygen atoms in total. The first-order valence-corrected chi connectivity index (χ1v) is 11.2. The van der Waals surface area contributed by atoms with Crippen LogP contribution in [0, 0.1) is 11.8 Å². The third-order valence-corrected chi connectivity index (χ3v) is 6.26. The summed E-state index contributed by atoms with van der Waals surface area (Å²) in [7, 11) is 0. The van der Waals surface area contributed by atoms with Crippen molar-refractivity contribution in [1.29, 1.82) is 0 Å². The van der Waals surface area contributed by atoms with Crippen LogP contribution in [0.3, 0.4) is 0 Å². The molecule has 0 aromatic heterocycles. The number of carboxylic acid groups (broad SMARTS) is 1. The Morgan fingerprint density at radius 2 is 1.86 bits per heavy atom. The third-order valence-electron chi connectivity index (χ3n) is 6.26. The van der Waals surface area contributed by atoms with E-state index in [1.807, 2.05) is 0 Å². The molecule has 0 bridgehead atoms. The van der Waals surface area contributed by atoms with Crippen LogP contribution in [0.25, 0.3) is 0 Å². The lowest BCUT2D eigenvalue weighted by Gasteiger charge is -2.30. The highest BCUT2D eigenvalue weighted by molar-refractivity contribution is 5.66. The molecule has 2 aliphatic rings. The Balaban J connectivity index is 1.57. The van der Waals surface area contributed by atoms with Crippen LogP contribution in [0.1, 0.15) is 90.4 Å². The van der Waals surface area contributed by atoms with E-state index in [4.69, 9.17) is 9.94 Å². The van der Waals surface area contributed by atoms with E-state index in [2.05, 4.69) is 12.4 Å². The van der Waals surface area contributed by atoms with Crippen molar-refractivity contribution in [2.24, 2.45) is 11.8 Å². The Bertz CT molecular complexity index is 507. The molecule has 0 radical (unpaired) electrons. The molecule has 2 rings (SSSR count). The van der Waals surface area contributed by atoms with Gasteiger partial charge in [-0.25, -0.2) is 0 Å². The van der Waals surface area contributed by atoms with Crippen molar-refractivity contribution in [1.82, 2.24) is 5.48 Å². The van der Waals surface area contributed by atoms with Crippen molar-refractivity contribution in [2.45, 2.75) is 103 Å². The standard InChI is InChI=1S/C22H39NO5/c1-2-3-4-5-6-7-8-9-17(24)11-10-16-14-18-19(22(16)27)15-20(18)23-28-13-12-21(25)26/h16-17,19,22-24,27H,2-15H2,1H3,(H,25,26). The lowest BCUT2D eigenvalue weighted by atomic mass is 9.83. The number of aliphatic hydroxyl groups excluding tert-OH is 2. The second-order valence-corrected chi connectivity index (χ2v) is 8.50. The van der Waals surface area contributed by atoms with Gasteiger partial charge in [-0.3, -0.25) is 15.1 Å². The second-order valence-electron chi connectivity index (χ2n) is 8.50. The third kappa shape index (κ3) is 7.37. The highest BCUT2D eigenvalue weighted by atomic mass is 16.6. The molecule has 0 amide bonds. The molecule has 6 heteroatoms. The zero-order valence-electron chi connectivity index (χ0n) is 17.4. The number of hydroxylamine groups is 1. The van der Waals surface area contributed by atoms with Crippen molar-refractivity contribution in [3.05, 3.63) is 11.3 Å². The van der Waals surface area contributed by atoms with E-state index >= 15 is 0 Å². The van der Waals surface area contributed by atoms with E-state index in [1.54, 1.807) is 0 Å². The average molecular weight is 398 g/mol. The lowest BCUT2D eigenvalue weighted by Crippen LogP contribution is -2.32. The predicted molar refractivity (Wildman–Crippen MR) is 108 cm³/mol. The predicted octanol–water partition coefficient (Wildman–Crippen LogP) is 3.92. The van der Waals surface area contributed by atoms with Gasteiger partial charge < -0.3 is 15.3 Å². The Hall–Kier alpha value is -1.11. The zero-order valence-corrected chi connectivity index (χ0v) is 17.4. The SMILES string of the molecule is CCCCCCCCCC(O)CCC1CC2=C(NOCCC(=O)O)CC2C1O. The molecule has 162 valence electrons. The molecule has 2 aliphatic carbocycles. The number of unbranched alkanes of at least 4 members (excludes halogenated alkanes) is 6. The van der Waals surface area contributed by atoms with Crippen LogP contribution >= 0.6 is 0 Å². The molecule has 0 heterocycles. The first-order chi connectivity index (χ1) is 13.5. The van der Waals surface area contributed by atoms with Gasteiger partial charge in [0.2, 0.25) is 0 Å². The molecule has 0 aromatic carbocycles. The number of nitrogens with one attached hydrogen (secondary N) is 1. The lowest BCUT2D eigenvalue weighted by molar-refractivity contribution is -0.138. The van der Waals surface area contributed by atoms with Crippen LogP contribution < -0.4 is 5.48 Å². The molecule has 4 N–H and O–H groups in total. The highest BCUT2D eigenvalue weighted by Crippen LogP contribution is 2.49. The summed E-state index contributed by atoms with van der Waals surface area (Å²) in [5, 5.41) is 29.4. The minimum absolute atomic E-state index is 0.0269. The van der Waals surface area contributed by atoms with Gasteiger partial charge in [-0.05, 0) is 43.6 Å². The number of carbonyl (C=O) groups is 1. The van der Waals surface area contributed by atoms with Crippen LogP contribution in [0.15, 0.2) is 11.3 Å². The molecule has 4 atom stereocenters. The van der Waals surface area contributed by atoms with Gasteiger partial charge >= 0.3 is 5.97 Å². The minimum atomic E-state index is -0.877. The monoisotopic (exact) mass is 397 g/mol. The van der Waals surface area contributed by atoms with Crippen LogP contribution in [0.2, 0.25) is 0 Å². The quantitative estimate of drug-likeness (QED) is 0.233. The van der Waals surface area contributed by atoms with Gasteiger partial charge in [0.1, 0.15) is 0 Å². The number of allylic oxidation sites excluding steroid dienone is 1. The molecule has 0 aromatic rings. The first-order valence-electron chi connectivity index (χ1n) is 11.2. The molecule has 1 fully saturated rings. The summed E-state index contributed by atoms with van der Waals surface area (Å²) in [5.41, 5.74) is 5.08. The summed E-state index contributed by atoms with van der Waals surface area (Å²) in [6, 6.07) is 0. The summed E-state index contributed by atoms with van der Waals surface area (Å²) >= 11 is 0. The molecular formula is C22H39NO5. The average Bonchev–Trinajstić information content (AvgIpc) is 2.89. The number of hydrogen-bond acceptors (Lipinski definition) is 5. The summed E-state index contributed by atoms with van der Waals surface area (Å²) in [6.07, 6.45) is 12.3. The number of aliphatic hydroxyl groups is 2. The van der Waals surface area contributed by atoms with E-state index in [1.165, 1.54) is 44.1 Å². The Morgan fingerprint density at radius 1 is 1.14 bits per heavy atom. The van der Waals surface area contributed by atoms with Crippen molar-refractivity contribution >= 4 is 5.97 Å². The van der Waals surface area contributed by atoms with E-state index in [0.717, 1.165) is 44.2 Å². The Morgan fingerprint density at radius 3 is 2.57 bits per heavy atom. The second kappa shape index (κ2) is 12.5. The molecule has 0 saturated heterocycles. The number of rotatable bonds is 16. The topological polar surface area (TPSA) is 99.0 Å². The van der Waals surface area contributed by atoms with Crippen LogP contribution in [-0.2, 0) is 9.63 Å².